The number of H-pyrrole nitrogens is 1. The van der Waals surface area contributed by atoms with E-state index in [0.717, 1.165) is 5.56 Å². The number of benzene rings is 2. The van der Waals surface area contributed by atoms with Gasteiger partial charge in [0, 0.05) is 29.4 Å². The van der Waals surface area contributed by atoms with Gasteiger partial charge in [-0.2, -0.15) is 5.10 Å². The van der Waals surface area contributed by atoms with Crippen LogP contribution in [0.3, 0.4) is 0 Å². The van der Waals surface area contributed by atoms with Gasteiger partial charge < -0.3 is 5.32 Å². The van der Waals surface area contributed by atoms with Crippen LogP contribution < -0.4 is 15.6 Å². The molecule has 1 aromatic heterocycles. The fourth-order valence-electron chi connectivity index (χ4n) is 2.52. The monoisotopic (exact) mass is 398 g/mol. The Morgan fingerprint density at radius 1 is 1.07 bits per heavy atom. The van der Waals surface area contributed by atoms with Gasteiger partial charge in [0.2, 0.25) is 10.0 Å². The highest BCUT2D eigenvalue weighted by atomic mass is 32.2. The van der Waals surface area contributed by atoms with Crippen molar-refractivity contribution in [2.75, 3.05) is 11.9 Å². The number of sulfonamides is 1. The first kappa shape index (κ1) is 19.5. The highest BCUT2D eigenvalue weighted by Gasteiger charge is 2.14. The summed E-state index contributed by atoms with van der Waals surface area (Å²) >= 11 is 0. The number of nitrogens with one attached hydrogen (secondary N) is 3. The Morgan fingerprint density at radius 3 is 2.46 bits per heavy atom. The molecule has 8 nitrogen and oxygen atoms in total. The van der Waals surface area contributed by atoms with Gasteiger partial charge in [0.1, 0.15) is 0 Å². The molecule has 1 heterocycles. The van der Waals surface area contributed by atoms with E-state index in [1.54, 1.807) is 37.3 Å². The first-order chi connectivity index (χ1) is 13.4. The number of aromatic amines is 1. The smallest absolute Gasteiger partial charge is 0.264 e. The first-order valence-electron chi connectivity index (χ1n) is 8.46. The Balaban J connectivity index is 1.77. The molecule has 3 aromatic rings. The summed E-state index contributed by atoms with van der Waals surface area (Å²) in [6.07, 6.45) is 0. The lowest BCUT2D eigenvalue weighted by Gasteiger charge is -2.08. The fraction of sp³-hybridized carbons (Fsp3) is 0.105. The second-order valence-corrected chi connectivity index (χ2v) is 7.63. The third-order valence-electron chi connectivity index (χ3n) is 3.86. The topological polar surface area (TPSA) is 121 Å². The van der Waals surface area contributed by atoms with Gasteiger partial charge in [-0.25, -0.2) is 18.2 Å². The molecule has 0 aliphatic heterocycles. The molecule has 3 rings (SSSR count). The van der Waals surface area contributed by atoms with Gasteiger partial charge >= 0.3 is 0 Å². The van der Waals surface area contributed by atoms with Crippen LogP contribution >= 0.6 is 0 Å². The van der Waals surface area contributed by atoms with E-state index in [4.69, 9.17) is 0 Å². The molecule has 1 amide bonds. The average molecular weight is 398 g/mol. The third-order valence-corrected chi connectivity index (χ3v) is 5.42. The van der Waals surface area contributed by atoms with Crippen LogP contribution in [0.4, 0.5) is 5.69 Å². The van der Waals surface area contributed by atoms with Crippen molar-refractivity contribution < 1.29 is 13.2 Å². The molecule has 0 atom stereocenters. The van der Waals surface area contributed by atoms with Gasteiger partial charge in [-0.3, -0.25) is 9.59 Å². The number of aromatic nitrogens is 2. The van der Waals surface area contributed by atoms with Crippen molar-refractivity contribution in [2.24, 2.45) is 0 Å². The number of carbonyl (C=O) groups is 1. The minimum absolute atomic E-state index is 0.0945. The normalized spacial score (nSPS) is 11.2. The molecule has 0 fully saturated rings. The van der Waals surface area contributed by atoms with Gasteiger partial charge in [-0.05, 0) is 42.5 Å². The van der Waals surface area contributed by atoms with Crippen LogP contribution in [0.5, 0.6) is 0 Å². The van der Waals surface area contributed by atoms with Crippen molar-refractivity contribution in [1.29, 1.82) is 0 Å². The SMILES string of the molecule is CCNS(=O)(=O)c1ccc(C(=O)Nc2cccc(-c3ccc(=O)[nH]n3)c2)cc1. The second kappa shape index (κ2) is 8.15. The summed E-state index contributed by atoms with van der Waals surface area (Å²) < 4.78 is 26.3. The van der Waals surface area contributed by atoms with Crippen LogP contribution in [0, 0.1) is 0 Å². The molecule has 0 radical (unpaired) electrons. The van der Waals surface area contributed by atoms with Gasteiger partial charge in [-0.1, -0.05) is 19.1 Å². The summed E-state index contributed by atoms with van der Waals surface area (Å²) in [7, 11) is -3.56. The van der Waals surface area contributed by atoms with Crippen molar-refractivity contribution in [3.05, 3.63) is 76.6 Å². The zero-order valence-electron chi connectivity index (χ0n) is 15.0. The van der Waals surface area contributed by atoms with Crippen molar-refractivity contribution in [3.63, 3.8) is 0 Å². The van der Waals surface area contributed by atoms with Gasteiger partial charge in [0.25, 0.3) is 11.5 Å². The summed E-state index contributed by atoms with van der Waals surface area (Å²) in [5.41, 5.74) is 1.85. The van der Waals surface area contributed by atoms with Crippen LogP contribution in [0.15, 0.2) is 70.4 Å². The van der Waals surface area contributed by atoms with Crippen molar-refractivity contribution >= 4 is 21.6 Å². The molecular weight excluding hydrogens is 380 g/mol. The zero-order valence-corrected chi connectivity index (χ0v) is 15.8. The van der Waals surface area contributed by atoms with Crippen LogP contribution in [0.25, 0.3) is 11.3 Å². The van der Waals surface area contributed by atoms with Crippen molar-refractivity contribution in [1.82, 2.24) is 14.9 Å². The molecule has 2 aromatic carbocycles. The Labute approximate surface area is 161 Å². The number of rotatable bonds is 6. The highest BCUT2D eigenvalue weighted by Crippen LogP contribution is 2.20. The van der Waals surface area contributed by atoms with Crippen LogP contribution in [0.1, 0.15) is 17.3 Å². The minimum atomic E-state index is -3.56. The lowest BCUT2D eigenvalue weighted by atomic mass is 10.1. The predicted molar refractivity (Wildman–Crippen MR) is 106 cm³/mol. The van der Waals surface area contributed by atoms with Gasteiger partial charge in [-0.15, -0.1) is 0 Å². The summed E-state index contributed by atoms with van der Waals surface area (Å²) in [5.74, 6) is -0.376. The van der Waals surface area contributed by atoms with Gasteiger partial charge in [0.05, 0.1) is 10.6 Å². The summed E-state index contributed by atoms with van der Waals surface area (Å²) in [4.78, 5) is 23.7. The minimum Gasteiger partial charge on any atom is -0.322 e. The first-order valence-corrected chi connectivity index (χ1v) is 9.94. The van der Waals surface area contributed by atoms with Crippen LogP contribution in [0.2, 0.25) is 0 Å². The molecule has 0 unspecified atom stereocenters. The molecule has 28 heavy (non-hydrogen) atoms. The third kappa shape index (κ3) is 4.51. The molecule has 0 aliphatic rings. The summed E-state index contributed by atoms with van der Waals surface area (Å²) in [6.45, 7) is 1.97. The number of amides is 1. The van der Waals surface area contributed by atoms with E-state index in [-0.39, 0.29) is 22.9 Å². The average Bonchev–Trinajstić information content (AvgIpc) is 2.69. The maximum atomic E-state index is 12.5. The standard InChI is InChI=1S/C19H18N4O4S/c1-2-20-28(26,27)16-8-6-13(7-9-16)19(25)21-15-5-3-4-14(12-15)17-10-11-18(24)23-22-17/h3-12,20H,2H2,1H3,(H,21,25)(H,23,24). The largest absolute Gasteiger partial charge is 0.322 e. The molecule has 0 bridgehead atoms. The maximum Gasteiger partial charge on any atom is 0.264 e. The predicted octanol–water partition coefficient (Wildman–Crippen LogP) is 1.99. The van der Waals surface area contributed by atoms with E-state index in [9.17, 15) is 18.0 Å². The number of carbonyl (C=O) groups excluding carboxylic acids is 1. The lowest BCUT2D eigenvalue weighted by Crippen LogP contribution is -2.23. The van der Waals surface area contributed by atoms with Gasteiger partial charge in [0.15, 0.2) is 0 Å². The van der Waals surface area contributed by atoms with E-state index >= 15 is 0 Å². The molecular formula is C19H18N4O4S. The van der Waals surface area contributed by atoms with E-state index in [2.05, 4.69) is 20.2 Å². The highest BCUT2D eigenvalue weighted by molar-refractivity contribution is 7.89. The number of anilines is 1. The summed E-state index contributed by atoms with van der Waals surface area (Å²) in [5, 5.41) is 9.08. The molecule has 144 valence electrons. The van der Waals surface area contributed by atoms with E-state index < -0.39 is 10.0 Å². The van der Waals surface area contributed by atoms with Crippen LogP contribution in [-0.2, 0) is 10.0 Å². The Bertz CT molecular complexity index is 1130. The summed E-state index contributed by atoms with van der Waals surface area (Å²) in [6, 6.07) is 15.6. The maximum absolute atomic E-state index is 12.5. The molecule has 3 N–H and O–H groups in total. The van der Waals surface area contributed by atoms with E-state index in [1.807, 2.05) is 0 Å². The molecule has 9 heteroatoms. The Kier molecular flexibility index (Phi) is 5.67. The molecule has 0 aliphatic carbocycles. The van der Waals surface area contributed by atoms with Crippen molar-refractivity contribution in [3.8, 4) is 11.3 Å². The zero-order chi connectivity index (χ0) is 20.1. The fourth-order valence-corrected chi connectivity index (χ4v) is 3.56. The second-order valence-electron chi connectivity index (χ2n) is 5.87. The van der Waals surface area contributed by atoms with Crippen LogP contribution in [-0.4, -0.2) is 31.1 Å². The van der Waals surface area contributed by atoms with E-state index in [0.29, 0.717) is 16.9 Å². The molecule has 0 saturated heterocycles. The Morgan fingerprint density at radius 2 is 1.82 bits per heavy atom. The Hall–Kier alpha value is -3.30. The van der Waals surface area contributed by atoms with E-state index in [1.165, 1.54) is 30.3 Å². The van der Waals surface area contributed by atoms with Crippen molar-refractivity contribution in [2.45, 2.75) is 11.8 Å². The lowest BCUT2D eigenvalue weighted by molar-refractivity contribution is 0.102. The molecule has 0 spiro atoms. The number of hydrogen-bond donors (Lipinski definition) is 3. The molecule has 0 saturated carbocycles. The number of hydrogen-bond acceptors (Lipinski definition) is 5. The number of nitrogens with zero attached hydrogens (tertiary/aromatic N) is 1. The quantitative estimate of drug-likeness (QED) is 0.586.